The van der Waals surface area contributed by atoms with E-state index < -0.39 is 0 Å². The molecule has 0 aromatic heterocycles. The van der Waals surface area contributed by atoms with E-state index in [2.05, 4.69) is 24.4 Å². The van der Waals surface area contributed by atoms with Crippen LogP contribution >= 0.6 is 0 Å². The lowest BCUT2D eigenvalue weighted by atomic mass is 9.83. The minimum Gasteiger partial charge on any atom is -0.399 e. The fourth-order valence-electron chi connectivity index (χ4n) is 2.70. The zero-order valence-electron chi connectivity index (χ0n) is 10.8. The molecule has 3 N–H and O–H groups in total. The second-order valence-corrected chi connectivity index (χ2v) is 5.54. The van der Waals surface area contributed by atoms with Crippen LogP contribution in [0.25, 0.3) is 0 Å². The molecule has 0 amide bonds. The quantitative estimate of drug-likeness (QED) is 0.783. The molecule has 1 aromatic rings. The summed E-state index contributed by atoms with van der Waals surface area (Å²) < 4.78 is 0. The maximum Gasteiger partial charge on any atom is 0.0314 e. The van der Waals surface area contributed by atoms with Gasteiger partial charge < -0.3 is 11.1 Å². The lowest BCUT2D eigenvalue weighted by molar-refractivity contribution is 0.256. The van der Waals surface area contributed by atoms with Gasteiger partial charge in [0.25, 0.3) is 0 Å². The van der Waals surface area contributed by atoms with Gasteiger partial charge in [-0.1, -0.05) is 31.4 Å². The Morgan fingerprint density at radius 3 is 2.41 bits per heavy atom. The maximum atomic E-state index is 5.68. The molecule has 1 aliphatic rings. The molecule has 2 rings (SSSR count). The lowest BCUT2D eigenvalue weighted by Gasteiger charge is -2.34. The summed E-state index contributed by atoms with van der Waals surface area (Å²) in [5.74, 6) is 0. The molecule has 0 aliphatic heterocycles. The number of rotatable bonds is 4. The SMILES string of the molecule is CC1(NCCc2ccc(N)cc2)CCCCC1. The van der Waals surface area contributed by atoms with Gasteiger partial charge in [0, 0.05) is 11.2 Å². The zero-order valence-corrected chi connectivity index (χ0v) is 10.8. The van der Waals surface area contributed by atoms with E-state index in [1.807, 2.05) is 12.1 Å². The van der Waals surface area contributed by atoms with E-state index in [-0.39, 0.29) is 0 Å². The zero-order chi connectivity index (χ0) is 12.1. The molecular formula is C15H24N2. The molecule has 17 heavy (non-hydrogen) atoms. The van der Waals surface area contributed by atoms with Crippen LogP contribution in [-0.4, -0.2) is 12.1 Å². The van der Waals surface area contributed by atoms with E-state index in [0.29, 0.717) is 5.54 Å². The van der Waals surface area contributed by atoms with Crippen LogP contribution in [0.5, 0.6) is 0 Å². The average molecular weight is 232 g/mol. The van der Waals surface area contributed by atoms with E-state index in [9.17, 15) is 0 Å². The van der Waals surface area contributed by atoms with E-state index in [1.54, 1.807) is 0 Å². The van der Waals surface area contributed by atoms with Gasteiger partial charge in [0.05, 0.1) is 0 Å². The summed E-state index contributed by atoms with van der Waals surface area (Å²) in [5.41, 5.74) is 8.27. The number of benzene rings is 1. The Bertz CT molecular complexity index is 336. The average Bonchev–Trinajstić information content (AvgIpc) is 2.32. The molecule has 0 unspecified atom stereocenters. The number of nitrogens with two attached hydrogens (primary N) is 1. The largest absolute Gasteiger partial charge is 0.399 e. The fourth-order valence-corrected chi connectivity index (χ4v) is 2.70. The molecule has 0 radical (unpaired) electrons. The first-order valence-corrected chi connectivity index (χ1v) is 6.77. The van der Waals surface area contributed by atoms with Crippen LogP contribution in [0.1, 0.15) is 44.6 Å². The first-order valence-electron chi connectivity index (χ1n) is 6.77. The van der Waals surface area contributed by atoms with Gasteiger partial charge in [0.15, 0.2) is 0 Å². The second-order valence-electron chi connectivity index (χ2n) is 5.54. The molecule has 1 fully saturated rings. The van der Waals surface area contributed by atoms with Gasteiger partial charge >= 0.3 is 0 Å². The molecule has 0 saturated heterocycles. The van der Waals surface area contributed by atoms with Crippen LogP contribution in [0.4, 0.5) is 5.69 Å². The minimum atomic E-state index is 0.381. The van der Waals surface area contributed by atoms with Gasteiger partial charge in [-0.25, -0.2) is 0 Å². The highest BCUT2D eigenvalue weighted by atomic mass is 15.0. The first-order chi connectivity index (χ1) is 8.18. The highest BCUT2D eigenvalue weighted by molar-refractivity contribution is 5.39. The molecule has 0 atom stereocenters. The van der Waals surface area contributed by atoms with Crippen molar-refractivity contribution >= 4 is 5.69 Å². The van der Waals surface area contributed by atoms with Crippen LogP contribution in [0.15, 0.2) is 24.3 Å². The van der Waals surface area contributed by atoms with E-state index in [4.69, 9.17) is 5.73 Å². The first kappa shape index (κ1) is 12.4. The Balaban J connectivity index is 1.77. The Morgan fingerprint density at radius 1 is 1.12 bits per heavy atom. The highest BCUT2D eigenvalue weighted by Gasteiger charge is 2.25. The molecule has 2 heteroatoms. The van der Waals surface area contributed by atoms with Gasteiger partial charge in [0.2, 0.25) is 0 Å². The maximum absolute atomic E-state index is 5.68. The van der Waals surface area contributed by atoms with Crippen molar-refractivity contribution in [2.24, 2.45) is 0 Å². The molecule has 0 bridgehead atoms. The normalized spacial score (nSPS) is 19.1. The van der Waals surface area contributed by atoms with Crippen molar-refractivity contribution in [3.63, 3.8) is 0 Å². The molecule has 0 heterocycles. The monoisotopic (exact) mass is 232 g/mol. The van der Waals surface area contributed by atoms with Crippen LogP contribution in [-0.2, 0) is 6.42 Å². The van der Waals surface area contributed by atoms with Crippen LogP contribution in [0.3, 0.4) is 0 Å². The lowest BCUT2D eigenvalue weighted by Crippen LogP contribution is -2.44. The van der Waals surface area contributed by atoms with Gasteiger partial charge in [-0.2, -0.15) is 0 Å². The van der Waals surface area contributed by atoms with Crippen molar-refractivity contribution in [2.45, 2.75) is 51.0 Å². The number of anilines is 1. The predicted octanol–water partition coefficient (Wildman–Crippen LogP) is 3.12. The Kier molecular flexibility index (Phi) is 4.06. The number of hydrogen-bond acceptors (Lipinski definition) is 2. The molecule has 0 spiro atoms. The highest BCUT2D eigenvalue weighted by Crippen LogP contribution is 2.27. The van der Waals surface area contributed by atoms with Crippen molar-refractivity contribution in [3.05, 3.63) is 29.8 Å². The van der Waals surface area contributed by atoms with E-state index in [1.165, 1.54) is 37.7 Å². The number of nitrogen functional groups attached to an aromatic ring is 1. The summed E-state index contributed by atoms with van der Waals surface area (Å²) in [6, 6.07) is 8.22. The van der Waals surface area contributed by atoms with Gasteiger partial charge in [0.1, 0.15) is 0 Å². The molecule has 94 valence electrons. The standard InChI is InChI=1S/C15H24N2/c1-15(10-3-2-4-11-15)17-12-9-13-5-7-14(16)8-6-13/h5-8,17H,2-4,9-12,16H2,1H3. The van der Waals surface area contributed by atoms with Crippen molar-refractivity contribution in [3.8, 4) is 0 Å². The van der Waals surface area contributed by atoms with E-state index in [0.717, 1.165) is 18.7 Å². The summed E-state index contributed by atoms with van der Waals surface area (Å²) in [5, 5.41) is 3.73. The summed E-state index contributed by atoms with van der Waals surface area (Å²) in [7, 11) is 0. The fraction of sp³-hybridized carbons (Fsp3) is 0.600. The van der Waals surface area contributed by atoms with Crippen LogP contribution < -0.4 is 11.1 Å². The third kappa shape index (κ3) is 3.74. The Morgan fingerprint density at radius 2 is 1.76 bits per heavy atom. The number of hydrogen-bond donors (Lipinski definition) is 2. The van der Waals surface area contributed by atoms with Crippen molar-refractivity contribution in [2.75, 3.05) is 12.3 Å². The molecule has 2 nitrogen and oxygen atoms in total. The van der Waals surface area contributed by atoms with Crippen molar-refractivity contribution in [1.29, 1.82) is 0 Å². The topological polar surface area (TPSA) is 38.0 Å². The van der Waals surface area contributed by atoms with Gasteiger partial charge in [-0.05, 0) is 50.4 Å². The second kappa shape index (κ2) is 5.54. The molecule has 1 aliphatic carbocycles. The summed E-state index contributed by atoms with van der Waals surface area (Å²) >= 11 is 0. The van der Waals surface area contributed by atoms with Gasteiger partial charge in [-0.3, -0.25) is 0 Å². The van der Waals surface area contributed by atoms with E-state index >= 15 is 0 Å². The predicted molar refractivity (Wildman–Crippen MR) is 74.1 cm³/mol. The molecule has 1 aromatic carbocycles. The Hall–Kier alpha value is -1.02. The molecular weight excluding hydrogens is 208 g/mol. The van der Waals surface area contributed by atoms with Crippen LogP contribution in [0, 0.1) is 0 Å². The third-order valence-corrected chi connectivity index (χ3v) is 3.90. The Labute approximate surface area is 105 Å². The summed E-state index contributed by atoms with van der Waals surface area (Å²) in [4.78, 5) is 0. The van der Waals surface area contributed by atoms with Gasteiger partial charge in [-0.15, -0.1) is 0 Å². The number of nitrogens with one attached hydrogen (secondary N) is 1. The molecule has 1 saturated carbocycles. The van der Waals surface area contributed by atoms with Crippen molar-refractivity contribution < 1.29 is 0 Å². The summed E-state index contributed by atoms with van der Waals surface area (Å²) in [6.07, 6.45) is 7.92. The van der Waals surface area contributed by atoms with Crippen LogP contribution in [0.2, 0.25) is 0 Å². The summed E-state index contributed by atoms with van der Waals surface area (Å²) in [6.45, 7) is 3.44. The third-order valence-electron chi connectivity index (χ3n) is 3.90. The minimum absolute atomic E-state index is 0.381. The van der Waals surface area contributed by atoms with Crippen molar-refractivity contribution in [1.82, 2.24) is 5.32 Å². The smallest absolute Gasteiger partial charge is 0.0314 e.